The summed E-state index contributed by atoms with van der Waals surface area (Å²) in [6.45, 7) is 1.62. The Labute approximate surface area is 64.2 Å². The molecule has 0 unspecified atom stereocenters. The van der Waals surface area contributed by atoms with Crippen LogP contribution in [0.25, 0.3) is 0 Å². The number of hydrogen-bond donors (Lipinski definition) is 1. The Morgan fingerprint density at radius 3 is 2.82 bits per heavy atom. The fourth-order valence-corrected chi connectivity index (χ4v) is 0.723. The molecule has 0 aromatic carbocycles. The van der Waals surface area contributed by atoms with Crippen LogP contribution in [0.2, 0.25) is 0 Å². The minimum atomic E-state index is -0.516. The number of carbonyl (C=O) groups is 1. The van der Waals surface area contributed by atoms with Gasteiger partial charge in [0.05, 0.1) is 6.04 Å². The Kier molecular flexibility index (Phi) is 2.00. The highest BCUT2D eigenvalue weighted by molar-refractivity contribution is 5.96. The zero-order chi connectivity index (χ0) is 8.43. The first-order valence-electron chi connectivity index (χ1n) is 3.26. The quantitative estimate of drug-likeness (QED) is 0.574. The number of nitrogens with zero attached hydrogens (tertiary/aromatic N) is 3. The van der Waals surface area contributed by atoms with Gasteiger partial charge in [-0.05, 0) is 6.92 Å². The molecular formula is C6H10N4O. The van der Waals surface area contributed by atoms with Gasteiger partial charge in [0, 0.05) is 7.05 Å². The van der Waals surface area contributed by atoms with E-state index >= 15 is 0 Å². The number of rotatable bonds is 2. The summed E-state index contributed by atoms with van der Waals surface area (Å²) in [5, 5.41) is 3.75. The lowest BCUT2D eigenvalue weighted by atomic mass is 10.2. The van der Waals surface area contributed by atoms with Crippen molar-refractivity contribution in [2.75, 3.05) is 0 Å². The maximum absolute atomic E-state index is 11.2. The van der Waals surface area contributed by atoms with Crippen molar-refractivity contribution in [1.82, 2.24) is 14.8 Å². The number of aromatic nitrogens is 3. The molecular weight excluding hydrogens is 144 g/mol. The topological polar surface area (TPSA) is 73.8 Å². The van der Waals surface area contributed by atoms with E-state index in [0.717, 1.165) is 0 Å². The molecule has 1 heterocycles. The van der Waals surface area contributed by atoms with E-state index in [2.05, 4.69) is 10.1 Å². The van der Waals surface area contributed by atoms with E-state index in [1.807, 2.05) is 0 Å². The Hall–Kier alpha value is -1.23. The Balaban J connectivity index is 2.93. The van der Waals surface area contributed by atoms with Crippen LogP contribution in [0.1, 0.15) is 17.5 Å². The second kappa shape index (κ2) is 2.79. The molecule has 0 aliphatic heterocycles. The maximum atomic E-state index is 11.2. The number of carbonyl (C=O) groups excluding carboxylic acids is 1. The lowest BCUT2D eigenvalue weighted by Crippen LogP contribution is -2.29. The summed E-state index contributed by atoms with van der Waals surface area (Å²) in [7, 11) is 1.66. The van der Waals surface area contributed by atoms with E-state index in [-0.39, 0.29) is 5.78 Å². The van der Waals surface area contributed by atoms with Gasteiger partial charge in [0.1, 0.15) is 6.33 Å². The van der Waals surface area contributed by atoms with Crippen molar-refractivity contribution in [3.63, 3.8) is 0 Å². The van der Waals surface area contributed by atoms with Crippen molar-refractivity contribution in [2.45, 2.75) is 13.0 Å². The third-order valence-electron chi connectivity index (χ3n) is 1.35. The largest absolute Gasteiger partial charge is 0.321 e. The van der Waals surface area contributed by atoms with E-state index in [1.165, 1.54) is 11.0 Å². The van der Waals surface area contributed by atoms with E-state index in [4.69, 9.17) is 5.73 Å². The monoisotopic (exact) mass is 154 g/mol. The molecule has 5 nitrogen and oxygen atoms in total. The van der Waals surface area contributed by atoms with Crippen molar-refractivity contribution in [1.29, 1.82) is 0 Å². The first kappa shape index (κ1) is 7.87. The molecule has 1 atom stereocenters. The minimum Gasteiger partial charge on any atom is -0.321 e. The molecule has 60 valence electrons. The van der Waals surface area contributed by atoms with Gasteiger partial charge in [-0.15, -0.1) is 0 Å². The van der Waals surface area contributed by atoms with Crippen LogP contribution in [0, 0.1) is 0 Å². The van der Waals surface area contributed by atoms with Gasteiger partial charge < -0.3 is 5.73 Å². The highest BCUT2D eigenvalue weighted by Crippen LogP contribution is 1.94. The van der Waals surface area contributed by atoms with Crippen LogP contribution in [0.3, 0.4) is 0 Å². The predicted molar refractivity (Wildman–Crippen MR) is 39.0 cm³/mol. The molecule has 0 fully saturated rings. The van der Waals surface area contributed by atoms with Gasteiger partial charge in [-0.3, -0.25) is 4.79 Å². The summed E-state index contributed by atoms with van der Waals surface area (Å²) in [5.41, 5.74) is 5.37. The molecule has 0 aliphatic carbocycles. The molecule has 5 heteroatoms. The van der Waals surface area contributed by atoms with Gasteiger partial charge in [0.15, 0.2) is 5.82 Å². The van der Waals surface area contributed by atoms with Gasteiger partial charge in [-0.25, -0.2) is 9.67 Å². The average molecular weight is 154 g/mol. The summed E-state index contributed by atoms with van der Waals surface area (Å²) in [4.78, 5) is 14.9. The number of ketones is 1. The summed E-state index contributed by atoms with van der Waals surface area (Å²) in [6, 6.07) is -0.516. The van der Waals surface area contributed by atoms with Crippen LogP contribution in [0.5, 0.6) is 0 Å². The van der Waals surface area contributed by atoms with Crippen molar-refractivity contribution >= 4 is 5.78 Å². The van der Waals surface area contributed by atoms with Crippen LogP contribution in [-0.2, 0) is 7.05 Å². The number of aryl methyl sites for hydroxylation is 1. The van der Waals surface area contributed by atoms with Crippen LogP contribution in [-0.4, -0.2) is 26.6 Å². The lowest BCUT2D eigenvalue weighted by molar-refractivity contribution is 0.0953. The fraction of sp³-hybridized carbons (Fsp3) is 0.500. The molecule has 1 rings (SSSR count). The number of nitrogens with two attached hydrogens (primary N) is 1. The van der Waals surface area contributed by atoms with Crippen LogP contribution in [0.15, 0.2) is 6.33 Å². The fourth-order valence-electron chi connectivity index (χ4n) is 0.723. The highest BCUT2D eigenvalue weighted by atomic mass is 16.1. The molecule has 0 aliphatic rings. The standard InChI is InChI=1S/C6H10N4O/c1-4(7)5(11)6-8-3-9-10(6)2/h3-4H,7H2,1-2H3/t4-/m1/s1. The Morgan fingerprint density at radius 1 is 1.82 bits per heavy atom. The predicted octanol–water partition coefficient (Wildman–Crippen LogP) is -0.655. The molecule has 0 saturated heterocycles. The van der Waals surface area contributed by atoms with Crippen molar-refractivity contribution in [2.24, 2.45) is 12.8 Å². The SMILES string of the molecule is C[C@@H](N)C(=O)c1ncnn1C. The molecule has 1 aromatic heterocycles. The highest BCUT2D eigenvalue weighted by Gasteiger charge is 2.15. The molecule has 0 radical (unpaired) electrons. The molecule has 0 saturated carbocycles. The Morgan fingerprint density at radius 2 is 2.45 bits per heavy atom. The smallest absolute Gasteiger partial charge is 0.216 e. The zero-order valence-corrected chi connectivity index (χ0v) is 6.48. The van der Waals surface area contributed by atoms with Crippen LogP contribution in [0.4, 0.5) is 0 Å². The van der Waals surface area contributed by atoms with Crippen molar-refractivity contribution in [3.8, 4) is 0 Å². The minimum absolute atomic E-state index is 0.190. The molecule has 2 N–H and O–H groups in total. The second-order valence-corrected chi connectivity index (χ2v) is 2.36. The molecule has 11 heavy (non-hydrogen) atoms. The maximum Gasteiger partial charge on any atom is 0.216 e. The van der Waals surface area contributed by atoms with Crippen LogP contribution < -0.4 is 5.73 Å². The molecule has 0 amide bonds. The summed E-state index contributed by atoms with van der Waals surface area (Å²) < 4.78 is 1.41. The lowest BCUT2D eigenvalue weighted by Gasteiger charge is -2.01. The third-order valence-corrected chi connectivity index (χ3v) is 1.35. The van der Waals surface area contributed by atoms with E-state index in [1.54, 1.807) is 14.0 Å². The van der Waals surface area contributed by atoms with Gasteiger partial charge in [0.2, 0.25) is 5.78 Å². The zero-order valence-electron chi connectivity index (χ0n) is 6.48. The first-order valence-corrected chi connectivity index (χ1v) is 3.26. The second-order valence-electron chi connectivity index (χ2n) is 2.36. The number of Topliss-reactive ketones (excluding diaryl/α,β-unsaturated/α-hetero) is 1. The van der Waals surface area contributed by atoms with E-state index in [9.17, 15) is 4.79 Å². The van der Waals surface area contributed by atoms with Gasteiger partial charge >= 0.3 is 0 Å². The van der Waals surface area contributed by atoms with Crippen molar-refractivity contribution in [3.05, 3.63) is 12.2 Å². The van der Waals surface area contributed by atoms with E-state index in [0.29, 0.717) is 5.82 Å². The average Bonchev–Trinajstić information content (AvgIpc) is 2.33. The number of hydrogen-bond acceptors (Lipinski definition) is 4. The normalized spacial score (nSPS) is 13.0. The van der Waals surface area contributed by atoms with E-state index < -0.39 is 6.04 Å². The molecule has 1 aromatic rings. The van der Waals surface area contributed by atoms with Crippen LogP contribution >= 0.6 is 0 Å². The van der Waals surface area contributed by atoms with Crippen molar-refractivity contribution < 1.29 is 4.79 Å². The summed E-state index contributed by atoms with van der Waals surface area (Å²) in [5.74, 6) is 0.116. The summed E-state index contributed by atoms with van der Waals surface area (Å²) in [6.07, 6.45) is 1.33. The molecule has 0 spiro atoms. The first-order chi connectivity index (χ1) is 5.13. The van der Waals surface area contributed by atoms with Gasteiger partial charge in [-0.1, -0.05) is 0 Å². The third kappa shape index (κ3) is 1.43. The summed E-state index contributed by atoms with van der Waals surface area (Å²) >= 11 is 0. The Bertz CT molecular complexity index is 265. The van der Waals surface area contributed by atoms with Gasteiger partial charge in [0.25, 0.3) is 0 Å². The molecule has 0 bridgehead atoms. The van der Waals surface area contributed by atoms with Gasteiger partial charge in [-0.2, -0.15) is 5.10 Å².